The number of anilines is 1. The van der Waals surface area contributed by atoms with Crippen LogP contribution in [0.25, 0.3) is 0 Å². The lowest BCUT2D eigenvalue weighted by molar-refractivity contribution is -0.128. The summed E-state index contributed by atoms with van der Waals surface area (Å²) in [4.78, 5) is 36.6. The zero-order valence-corrected chi connectivity index (χ0v) is 15.5. The molecule has 6 heteroatoms. The van der Waals surface area contributed by atoms with Gasteiger partial charge in [-0.15, -0.1) is 0 Å². The standard InChI is InChI=1S/C20H28N2O4/c1-3-13-21-18(23)14-9-11-15(12-10-14)19(24)22-17-8-6-5-7-16(17)20(25)26-4-2/h5-8,14-15H,3-4,9-13H2,1-2H3,(H,21,23)(H,22,24). The Bertz CT molecular complexity index is 636. The van der Waals surface area contributed by atoms with Crippen LogP contribution in [0.15, 0.2) is 24.3 Å². The molecule has 0 saturated heterocycles. The quantitative estimate of drug-likeness (QED) is 0.732. The fourth-order valence-corrected chi connectivity index (χ4v) is 3.22. The highest BCUT2D eigenvalue weighted by atomic mass is 16.5. The minimum Gasteiger partial charge on any atom is -0.462 e. The molecule has 1 aromatic carbocycles. The smallest absolute Gasteiger partial charge is 0.340 e. The summed E-state index contributed by atoms with van der Waals surface area (Å²) in [6, 6.07) is 6.85. The van der Waals surface area contributed by atoms with Crippen LogP contribution in [0.3, 0.4) is 0 Å². The van der Waals surface area contributed by atoms with E-state index >= 15 is 0 Å². The second-order valence-electron chi connectivity index (χ2n) is 6.59. The van der Waals surface area contributed by atoms with E-state index in [1.54, 1.807) is 31.2 Å². The molecule has 1 aliphatic rings. The first-order valence-electron chi connectivity index (χ1n) is 9.41. The van der Waals surface area contributed by atoms with Gasteiger partial charge in [-0.05, 0) is 51.2 Å². The topological polar surface area (TPSA) is 84.5 Å². The molecular weight excluding hydrogens is 332 g/mol. The number of ether oxygens (including phenoxy) is 1. The normalized spacial score (nSPS) is 19.5. The summed E-state index contributed by atoms with van der Waals surface area (Å²) in [5.74, 6) is -0.592. The lowest BCUT2D eigenvalue weighted by Gasteiger charge is -2.27. The number of carbonyl (C=O) groups excluding carboxylic acids is 3. The van der Waals surface area contributed by atoms with Crippen LogP contribution in [-0.2, 0) is 14.3 Å². The average molecular weight is 360 g/mol. The van der Waals surface area contributed by atoms with Crippen molar-refractivity contribution in [2.24, 2.45) is 11.8 Å². The third kappa shape index (κ3) is 5.31. The van der Waals surface area contributed by atoms with Crippen molar-refractivity contribution in [3.8, 4) is 0 Å². The molecule has 0 unspecified atom stereocenters. The molecule has 0 heterocycles. The van der Waals surface area contributed by atoms with Gasteiger partial charge in [0.15, 0.2) is 0 Å². The van der Waals surface area contributed by atoms with Gasteiger partial charge in [0, 0.05) is 18.4 Å². The van der Waals surface area contributed by atoms with Crippen molar-refractivity contribution >= 4 is 23.5 Å². The Morgan fingerprint density at radius 1 is 1.00 bits per heavy atom. The van der Waals surface area contributed by atoms with E-state index in [4.69, 9.17) is 4.74 Å². The molecule has 6 nitrogen and oxygen atoms in total. The predicted octanol–water partition coefficient (Wildman–Crippen LogP) is 3.13. The van der Waals surface area contributed by atoms with E-state index in [-0.39, 0.29) is 30.3 Å². The molecule has 0 atom stereocenters. The van der Waals surface area contributed by atoms with Crippen LogP contribution in [0, 0.1) is 11.8 Å². The van der Waals surface area contributed by atoms with Crippen LogP contribution in [0.2, 0.25) is 0 Å². The maximum Gasteiger partial charge on any atom is 0.340 e. The number of esters is 1. The highest BCUT2D eigenvalue weighted by Gasteiger charge is 2.30. The van der Waals surface area contributed by atoms with Gasteiger partial charge in [0.05, 0.1) is 17.9 Å². The van der Waals surface area contributed by atoms with E-state index in [0.717, 1.165) is 6.42 Å². The van der Waals surface area contributed by atoms with Crippen LogP contribution in [0.4, 0.5) is 5.69 Å². The molecule has 1 fully saturated rings. The van der Waals surface area contributed by atoms with Gasteiger partial charge in [0.1, 0.15) is 0 Å². The molecule has 1 saturated carbocycles. The molecule has 2 N–H and O–H groups in total. The van der Waals surface area contributed by atoms with Crippen molar-refractivity contribution in [3.63, 3.8) is 0 Å². The molecule has 0 radical (unpaired) electrons. The maximum atomic E-state index is 12.6. The van der Waals surface area contributed by atoms with Gasteiger partial charge in [0.25, 0.3) is 0 Å². The third-order valence-electron chi connectivity index (χ3n) is 4.70. The molecule has 0 aliphatic heterocycles. The second kappa shape index (κ2) is 9.94. The Labute approximate surface area is 154 Å². The van der Waals surface area contributed by atoms with Gasteiger partial charge in [0.2, 0.25) is 11.8 Å². The fraction of sp³-hybridized carbons (Fsp3) is 0.550. The van der Waals surface area contributed by atoms with Crippen LogP contribution in [0.1, 0.15) is 56.3 Å². The number of rotatable bonds is 7. The molecule has 1 aromatic rings. The van der Waals surface area contributed by atoms with Gasteiger partial charge in [-0.1, -0.05) is 19.1 Å². The molecule has 2 rings (SSSR count). The van der Waals surface area contributed by atoms with Crippen molar-refractivity contribution in [2.75, 3.05) is 18.5 Å². The number of hydrogen-bond acceptors (Lipinski definition) is 4. The highest BCUT2D eigenvalue weighted by Crippen LogP contribution is 2.30. The Morgan fingerprint density at radius 3 is 2.23 bits per heavy atom. The molecule has 142 valence electrons. The molecule has 1 aliphatic carbocycles. The Kier molecular flexibility index (Phi) is 7.63. The first-order chi connectivity index (χ1) is 12.6. The zero-order chi connectivity index (χ0) is 18.9. The lowest BCUT2D eigenvalue weighted by atomic mass is 9.81. The van der Waals surface area contributed by atoms with Gasteiger partial charge in [-0.25, -0.2) is 4.79 Å². The Balaban J connectivity index is 1.92. The van der Waals surface area contributed by atoms with Crippen molar-refractivity contribution in [1.29, 1.82) is 0 Å². The fourth-order valence-electron chi connectivity index (χ4n) is 3.22. The van der Waals surface area contributed by atoms with Crippen LogP contribution >= 0.6 is 0 Å². The number of hydrogen-bond donors (Lipinski definition) is 2. The first-order valence-corrected chi connectivity index (χ1v) is 9.41. The molecule has 0 bridgehead atoms. The largest absolute Gasteiger partial charge is 0.462 e. The number of para-hydroxylation sites is 1. The highest BCUT2D eigenvalue weighted by molar-refractivity contribution is 6.01. The van der Waals surface area contributed by atoms with Crippen LogP contribution in [0.5, 0.6) is 0 Å². The van der Waals surface area contributed by atoms with E-state index in [9.17, 15) is 14.4 Å². The van der Waals surface area contributed by atoms with Gasteiger partial charge in [-0.2, -0.15) is 0 Å². The van der Waals surface area contributed by atoms with E-state index in [1.807, 2.05) is 6.92 Å². The molecule has 2 amide bonds. The number of amides is 2. The average Bonchev–Trinajstić information content (AvgIpc) is 2.66. The second-order valence-corrected chi connectivity index (χ2v) is 6.59. The summed E-state index contributed by atoms with van der Waals surface area (Å²) in [5.41, 5.74) is 0.828. The minimum atomic E-state index is -0.445. The zero-order valence-electron chi connectivity index (χ0n) is 15.5. The molecule has 0 spiro atoms. The third-order valence-corrected chi connectivity index (χ3v) is 4.70. The molecular formula is C20H28N2O4. The summed E-state index contributed by atoms with van der Waals surface area (Å²) in [6.07, 6.45) is 3.71. The van der Waals surface area contributed by atoms with Gasteiger partial charge in [-0.3, -0.25) is 9.59 Å². The lowest BCUT2D eigenvalue weighted by Crippen LogP contribution is -2.35. The van der Waals surface area contributed by atoms with E-state index in [1.165, 1.54) is 0 Å². The number of nitrogens with one attached hydrogen (secondary N) is 2. The van der Waals surface area contributed by atoms with E-state index in [2.05, 4.69) is 10.6 Å². The summed E-state index contributed by atoms with van der Waals surface area (Å²) < 4.78 is 5.03. The first kappa shape index (κ1) is 19.9. The summed E-state index contributed by atoms with van der Waals surface area (Å²) in [7, 11) is 0. The molecule has 0 aromatic heterocycles. The van der Waals surface area contributed by atoms with Crippen molar-refractivity contribution in [3.05, 3.63) is 29.8 Å². The summed E-state index contributed by atoms with van der Waals surface area (Å²) in [6.45, 7) is 4.75. The summed E-state index contributed by atoms with van der Waals surface area (Å²) >= 11 is 0. The van der Waals surface area contributed by atoms with Crippen molar-refractivity contribution in [1.82, 2.24) is 5.32 Å². The number of benzene rings is 1. The van der Waals surface area contributed by atoms with Gasteiger partial charge >= 0.3 is 5.97 Å². The maximum absolute atomic E-state index is 12.6. The van der Waals surface area contributed by atoms with E-state index < -0.39 is 5.97 Å². The number of carbonyl (C=O) groups is 3. The van der Waals surface area contributed by atoms with Crippen molar-refractivity contribution in [2.45, 2.75) is 46.0 Å². The minimum absolute atomic E-state index is 0.00239. The summed E-state index contributed by atoms with van der Waals surface area (Å²) in [5, 5.41) is 5.78. The monoisotopic (exact) mass is 360 g/mol. The molecule has 26 heavy (non-hydrogen) atoms. The van der Waals surface area contributed by atoms with Gasteiger partial charge < -0.3 is 15.4 Å². The van der Waals surface area contributed by atoms with Crippen molar-refractivity contribution < 1.29 is 19.1 Å². The predicted molar refractivity (Wildman–Crippen MR) is 99.8 cm³/mol. The van der Waals surface area contributed by atoms with Crippen LogP contribution in [-0.4, -0.2) is 30.9 Å². The van der Waals surface area contributed by atoms with Crippen LogP contribution < -0.4 is 10.6 Å². The Morgan fingerprint density at radius 2 is 1.62 bits per heavy atom. The Hall–Kier alpha value is -2.37. The van der Waals surface area contributed by atoms with E-state index in [0.29, 0.717) is 43.5 Å². The SMILES string of the molecule is CCCNC(=O)C1CCC(C(=O)Nc2ccccc2C(=O)OCC)CC1.